The molecule has 0 amide bonds. The van der Waals surface area contributed by atoms with Gasteiger partial charge in [0.15, 0.2) is 0 Å². The first-order valence-electron chi connectivity index (χ1n) is 2.99. The van der Waals surface area contributed by atoms with Gasteiger partial charge in [0.2, 0.25) is 0 Å². The molecule has 2 N–H and O–H groups in total. The topological polar surface area (TPSA) is 58.9 Å². The van der Waals surface area contributed by atoms with Gasteiger partial charge in [-0.2, -0.15) is 6.92 Å². The second kappa shape index (κ2) is 10.9. The summed E-state index contributed by atoms with van der Waals surface area (Å²) in [6.45, 7) is 2.01. The van der Waals surface area contributed by atoms with Crippen LogP contribution >= 0.6 is 0 Å². The molecule has 0 aliphatic rings. The molecule has 65 valence electrons. The van der Waals surface area contributed by atoms with Crippen molar-refractivity contribution in [2.45, 2.75) is 6.92 Å². The van der Waals surface area contributed by atoms with E-state index in [-0.39, 0.29) is 46.3 Å². The first-order chi connectivity index (χ1) is 4.81. The predicted octanol–water partition coefficient (Wildman–Crippen LogP) is -0.489. The van der Waals surface area contributed by atoms with Gasteiger partial charge in [-0.15, -0.1) is 0 Å². The molecule has 1 radical (unpaired) electrons. The van der Waals surface area contributed by atoms with Gasteiger partial charge in [-0.3, -0.25) is 5.92 Å². The quantitative estimate of drug-likeness (QED) is 0.484. The van der Waals surface area contributed by atoms with E-state index >= 15 is 0 Å². The Balaban J connectivity index is 0. The van der Waals surface area contributed by atoms with Crippen molar-refractivity contribution in [3.8, 4) is 0 Å². The van der Waals surface area contributed by atoms with Crippen LogP contribution < -0.4 is 0 Å². The minimum atomic E-state index is -0.281. The van der Waals surface area contributed by atoms with Crippen LogP contribution in [0.4, 0.5) is 0 Å². The van der Waals surface area contributed by atoms with E-state index in [0.717, 1.165) is 5.92 Å². The molecule has 0 aromatic heterocycles. The van der Waals surface area contributed by atoms with E-state index in [9.17, 15) is 0 Å². The number of rotatable bonds is 6. The van der Waals surface area contributed by atoms with Crippen LogP contribution in [0.25, 0.3) is 0 Å². The van der Waals surface area contributed by atoms with Crippen molar-refractivity contribution in [1.29, 1.82) is 0 Å². The van der Waals surface area contributed by atoms with Gasteiger partial charge in [0.1, 0.15) is 13.6 Å². The second-order valence-electron chi connectivity index (χ2n) is 1.91. The molecule has 0 aromatic rings. The first-order valence-corrected chi connectivity index (χ1v) is 2.99. The Hall–Kier alpha value is 0.944. The van der Waals surface area contributed by atoms with E-state index in [1.54, 1.807) is 0 Å². The zero-order chi connectivity index (χ0) is 7.82. The standard InChI is InChI=1S/C6H13O4.Y/c1-6(2-9-4-7)3-10-5-8;/h7-8H,2-5H2,1H3;/q-1;. The van der Waals surface area contributed by atoms with Crippen LogP contribution in [0.3, 0.4) is 0 Å². The van der Waals surface area contributed by atoms with Crippen molar-refractivity contribution >= 4 is 0 Å². The molecule has 11 heavy (non-hydrogen) atoms. The van der Waals surface area contributed by atoms with E-state index in [0.29, 0.717) is 13.2 Å². The Kier molecular flexibility index (Phi) is 14.4. The van der Waals surface area contributed by atoms with Gasteiger partial charge in [0.25, 0.3) is 0 Å². The number of hydrogen-bond acceptors (Lipinski definition) is 4. The van der Waals surface area contributed by atoms with Crippen molar-refractivity contribution < 1.29 is 52.4 Å². The fourth-order valence-corrected chi connectivity index (χ4v) is 0.481. The summed E-state index contributed by atoms with van der Waals surface area (Å²) in [4.78, 5) is 0. The molecule has 0 saturated carbocycles. The largest absolute Gasteiger partial charge is 0.387 e. The van der Waals surface area contributed by atoms with Gasteiger partial charge in [-0.05, 0) is 0 Å². The van der Waals surface area contributed by atoms with Crippen molar-refractivity contribution in [2.24, 2.45) is 0 Å². The Morgan fingerprint density at radius 1 is 1.09 bits per heavy atom. The molecule has 4 nitrogen and oxygen atoms in total. The Morgan fingerprint density at radius 3 is 1.73 bits per heavy atom. The molecule has 0 aliphatic carbocycles. The predicted molar refractivity (Wildman–Crippen MR) is 35.0 cm³/mol. The molecule has 0 heterocycles. The summed E-state index contributed by atoms with van der Waals surface area (Å²) in [6.07, 6.45) is 0. The monoisotopic (exact) mass is 238 g/mol. The molecule has 0 fully saturated rings. The maximum absolute atomic E-state index is 8.21. The van der Waals surface area contributed by atoms with E-state index in [1.807, 2.05) is 6.92 Å². The summed E-state index contributed by atoms with van der Waals surface area (Å²) in [5, 5.41) is 16.4. The Bertz CT molecular complexity index is 63.6. The number of hydrogen-bond donors (Lipinski definition) is 2. The van der Waals surface area contributed by atoms with Gasteiger partial charge >= 0.3 is 0 Å². The smallest absolute Gasteiger partial charge is 0.140 e. The molecule has 0 bridgehead atoms. The van der Waals surface area contributed by atoms with Gasteiger partial charge in [-0.25, -0.2) is 0 Å². The van der Waals surface area contributed by atoms with Crippen LogP contribution in [0.1, 0.15) is 6.92 Å². The fraction of sp³-hybridized carbons (Fsp3) is 0.833. The van der Waals surface area contributed by atoms with E-state index in [4.69, 9.17) is 10.2 Å². The molecule has 0 atom stereocenters. The van der Waals surface area contributed by atoms with Crippen LogP contribution in [0.15, 0.2) is 0 Å². The van der Waals surface area contributed by atoms with Crippen molar-refractivity contribution in [3.63, 3.8) is 0 Å². The minimum absolute atomic E-state index is 0. The summed E-state index contributed by atoms with van der Waals surface area (Å²) in [5.74, 6) is 0.933. The number of aliphatic hydroxyl groups is 2. The van der Waals surface area contributed by atoms with Gasteiger partial charge in [0, 0.05) is 32.7 Å². The molecule has 0 aliphatic heterocycles. The third-order valence-corrected chi connectivity index (χ3v) is 0.879. The average Bonchev–Trinajstić information content (AvgIpc) is 1.97. The molecule has 5 heteroatoms. The Labute approximate surface area is 91.8 Å². The third kappa shape index (κ3) is 10.9. The molecule has 0 rings (SSSR count). The van der Waals surface area contributed by atoms with Gasteiger partial charge < -0.3 is 19.7 Å². The van der Waals surface area contributed by atoms with Crippen LogP contribution in [0, 0.1) is 5.92 Å². The molecule has 0 saturated heterocycles. The van der Waals surface area contributed by atoms with Gasteiger partial charge in [-0.1, -0.05) is 13.2 Å². The van der Waals surface area contributed by atoms with Crippen LogP contribution in [0.5, 0.6) is 0 Å². The summed E-state index contributed by atoms with van der Waals surface area (Å²) >= 11 is 0. The van der Waals surface area contributed by atoms with E-state index in [1.165, 1.54) is 0 Å². The van der Waals surface area contributed by atoms with Crippen molar-refractivity contribution in [1.82, 2.24) is 0 Å². The maximum atomic E-state index is 8.21. The SMILES string of the molecule is C[C-](COCO)COCO.[Y]. The molecule has 0 spiro atoms. The minimum Gasteiger partial charge on any atom is -0.387 e. The summed E-state index contributed by atoms with van der Waals surface area (Å²) in [6, 6.07) is 0. The summed E-state index contributed by atoms with van der Waals surface area (Å²) in [7, 11) is 0. The number of aliphatic hydroxyl groups excluding tert-OH is 2. The zero-order valence-electron chi connectivity index (χ0n) is 6.62. The summed E-state index contributed by atoms with van der Waals surface area (Å²) in [5.41, 5.74) is 0. The normalized spacial score (nSPS) is 9.82. The third-order valence-electron chi connectivity index (χ3n) is 0.879. The van der Waals surface area contributed by atoms with Crippen molar-refractivity contribution in [3.05, 3.63) is 5.92 Å². The maximum Gasteiger partial charge on any atom is 0.140 e. The second-order valence-corrected chi connectivity index (χ2v) is 1.91. The Morgan fingerprint density at radius 2 is 1.45 bits per heavy atom. The van der Waals surface area contributed by atoms with Crippen LogP contribution in [0.2, 0.25) is 0 Å². The fourth-order valence-electron chi connectivity index (χ4n) is 0.481. The van der Waals surface area contributed by atoms with E-state index in [2.05, 4.69) is 9.47 Å². The van der Waals surface area contributed by atoms with E-state index < -0.39 is 0 Å². The van der Waals surface area contributed by atoms with Crippen LogP contribution in [-0.2, 0) is 42.2 Å². The molecule has 0 aromatic carbocycles. The summed E-state index contributed by atoms with van der Waals surface area (Å²) < 4.78 is 9.30. The van der Waals surface area contributed by atoms with Gasteiger partial charge in [0.05, 0.1) is 0 Å². The number of ether oxygens (including phenoxy) is 2. The average molecular weight is 238 g/mol. The zero-order valence-corrected chi connectivity index (χ0v) is 9.46. The van der Waals surface area contributed by atoms with Crippen LogP contribution in [-0.4, -0.2) is 37.0 Å². The molecular weight excluding hydrogens is 225 g/mol. The molecule has 0 unspecified atom stereocenters. The van der Waals surface area contributed by atoms with Crippen molar-refractivity contribution in [2.75, 3.05) is 26.8 Å². The first kappa shape index (κ1) is 14.5. The molecular formula is C6H13O4Y-.